The lowest BCUT2D eigenvalue weighted by atomic mass is 10.1. The summed E-state index contributed by atoms with van der Waals surface area (Å²) in [5.74, 6) is 0.362. The minimum absolute atomic E-state index is 0.362. The molecule has 0 aliphatic rings. The first-order valence-electron chi connectivity index (χ1n) is 5.18. The van der Waals surface area contributed by atoms with Crippen LogP contribution in [0, 0.1) is 4.91 Å². The van der Waals surface area contributed by atoms with Crippen LogP contribution in [-0.2, 0) is 0 Å². The zero-order valence-electron chi connectivity index (χ0n) is 9.16. The number of anilines is 1. The molecule has 1 aromatic carbocycles. The van der Waals surface area contributed by atoms with Crippen molar-refractivity contribution in [1.29, 1.82) is 0 Å². The number of nitrogens with one attached hydrogen (secondary N) is 1. The van der Waals surface area contributed by atoms with E-state index >= 15 is 0 Å². The monoisotopic (exact) mass is 240 g/mol. The Kier molecular flexibility index (Phi) is 2.23. The molecular formula is C11H8N6O. The number of aromatic nitrogens is 4. The van der Waals surface area contributed by atoms with E-state index < -0.39 is 0 Å². The number of nitrogens with zero attached hydrogens (tertiary/aromatic N) is 4. The Bertz CT molecular complexity index is 718. The third-order valence-electron chi connectivity index (χ3n) is 2.64. The van der Waals surface area contributed by atoms with Gasteiger partial charge in [-0.1, -0.05) is 12.1 Å². The van der Waals surface area contributed by atoms with Crippen molar-refractivity contribution in [2.75, 3.05) is 5.73 Å². The van der Waals surface area contributed by atoms with E-state index in [1.165, 1.54) is 6.33 Å². The number of nitrogens with two attached hydrogens (primary N) is 1. The molecule has 3 rings (SSSR count). The first kappa shape index (κ1) is 10.3. The van der Waals surface area contributed by atoms with Gasteiger partial charge in [-0.05, 0) is 17.3 Å². The Morgan fingerprint density at radius 1 is 1.17 bits per heavy atom. The second kappa shape index (κ2) is 3.88. The molecule has 0 saturated carbocycles. The molecule has 0 spiro atoms. The lowest BCUT2D eigenvalue weighted by molar-refractivity contribution is 1.09. The maximum Gasteiger partial charge on any atom is 0.186 e. The van der Waals surface area contributed by atoms with Crippen LogP contribution in [-0.4, -0.2) is 20.2 Å². The van der Waals surface area contributed by atoms with Crippen LogP contribution in [0.5, 0.6) is 0 Å². The summed E-state index contributed by atoms with van der Waals surface area (Å²) in [5.41, 5.74) is 8.25. The van der Waals surface area contributed by atoms with Gasteiger partial charge in [0.25, 0.3) is 0 Å². The Morgan fingerprint density at radius 3 is 2.67 bits per heavy atom. The summed E-state index contributed by atoms with van der Waals surface area (Å²) in [7, 11) is 0. The molecular weight excluding hydrogens is 232 g/mol. The third-order valence-corrected chi connectivity index (χ3v) is 2.64. The Hall–Kier alpha value is -2.83. The van der Waals surface area contributed by atoms with Crippen molar-refractivity contribution in [3.63, 3.8) is 0 Å². The second-order valence-electron chi connectivity index (χ2n) is 3.69. The largest absolute Gasteiger partial charge is 0.383 e. The van der Waals surface area contributed by atoms with Crippen LogP contribution in [0.15, 0.2) is 35.8 Å². The normalized spacial score (nSPS) is 10.7. The smallest absolute Gasteiger partial charge is 0.186 e. The van der Waals surface area contributed by atoms with Crippen molar-refractivity contribution in [3.05, 3.63) is 35.5 Å². The molecule has 0 amide bonds. The predicted octanol–water partition coefficient (Wildman–Crippen LogP) is 2.00. The highest BCUT2D eigenvalue weighted by Crippen LogP contribution is 2.29. The van der Waals surface area contributed by atoms with Gasteiger partial charge in [0, 0.05) is 5.56 Å². The van der Waals surface area contributed by atoms with Crippen LogP contribution in [0.4, 0.5) is 11.5 Å². The Balaban J connectivity index is 2.21. The second-order valence-corrected chi connectivity index (χ2v) is 3.69. The molecule has 0 aliphatic heterocycles. The summed E-state index contributed by atoms with van der Waals surface area (Å²) in [4.78, 5) is 18.3. The van der Waals surface area contributed by atoms with Crippen LogP contribution in [0.3, 0.4) is 0 Å². The molecule has 0 aliphatic carbocycles. The first-order chi connectivity index (χ1) is 8.79. The van der Waals surface area contributed by atoms with E-state index in [9.17, 15) is 4.91 Å². The fraction of sp³-hybridized carbons (Fsp3) is 0. The maximum absolute atomic E-state index is 10.4. The number of nitrogen functional groups attached to an aromatic ring is 1. The zero-order chi connectivity index (χ0) is 12.5. The van der Waals surface area contributed by atoms with Gasteiger partial charge in [-0.2, -0.15) is 5.10 Å². The van der Waals surface area contributed by atoms with Crippen molar-refractivity contribution >= 4 is 22.5 Å². The summed E-state index contributed by atoms with van der Waals surface area (Å²) >= 11 is 0. The molecule has 18 heavy (non-hydrogen) atoms. The van der Waals surface area contributed by atoms with E-state index in [4.69, 9.17) is 5.73 Å². The van der Waals surface area contributed by atoms with Gasteiger partial charge < -0.3 is 5.73 Å². The summed E-state index contributed by atoms with van der Waals surface area (Å²) in [6, 6.07) is 6.76. The molecule has 0 radical (unpaired) electrons. The standard InChI is InChI=1S/C11H8N6O/c12-10-8-9(15-16-11(8)14-5-13-10)6-1-3-7(17-18)4-2-6/h1-5H,(H3,12,13,14,15,16). The van der Waals surface area contributed by atoms with Crippen LogP contribution in [0.1, 0.15) is 0 Å². The summed E-state index contributed by atoms with van der Waals surface area (Å²) < 4.78 is 0. The highest BCUT2D eigenvalue weighted by atomic mass is 16.3. The van der Waals surface area contributed by atoms with E-state index in [1.54, 1.807) is 24.3 Å². The number of aromatic amines is 1. The highest BCUT2D eigenvalue weighted by Gasteiger charge is 2.12. The molecule has 7 heteroatoms. The molecule has 0 fully saturated rings. The fourth-order valence-electron chi connectivity index (χ4n) is 1.78. The zero-order valence-corrected chi connectivity index (χ0v) is 9.16. The van der Waals surface area contributed by atoms with Crippen molar-refractivity contribution in [3.8, 4) is 11.3 Å². The summed E-state index contributed by atoms with van der Waals surface area (Å²) in [6.07, 6.45) is 1.36. The van der Waals surface area contributed by atoms with Crippen molar-refractivity contribution in [1.82, 2.24) is 20.2 Å². The molecule has 0 saturated heterocycles. The van der Waals surface area contributed by atoms with E-state index in [1.807, 2.05) is 0 Å². The van der Waals surface area contributed by atoms with Crippen LogP contribution in [0.2, 0.25) is 0 Å². The van der Waals surface area contributed by atoms with Crippen LogP contribution >= 0.6 is 0 Å². The lowest BCUT2D eigenvalue weighted by Gasteiger charge is -2.00. The molecule has 0 unspecified atom stereocenters. The Morgan fingerprint density at radius 2 is 1.94 bits per heavy atom. The SMILES string of the molecule is Nc1ncnc2n[nH]c(-c3ccc(N=O)cc3)c12. The topological polar surface area (TPSA) is 110 Å². The van der Waals surface area contributed by atoms with Gasteiger partial charge in [-0.3, -0.25) is 5.10 Å². The van der Waals surface area contributed by atoms with Crippen molar-refractivity contribution in [2.24, 2.45) is 5.18 Å². The summed E-state index contributed by atoms with van der Waals surface area (Å²) in [6.45, 7) is 0. The van der Waals surface area contributed by atoms with Gasteiger partial charge in [0.2, 0.25) is 0 Å². The highest BCUT2D eigenvalue weighted by molar-refractivity contribution is 5.97. The van der Waals surface area contributed by atoms with Crippen LogP contribution in [0.25, 0.3) is 22.3 Å². The number of rotatable bonds is 2. The molecule has 7 nitrogen and oxygen atoms in total. The number of nitroso groups, excluding NO2 is 1. The van der Waals surface area contributed by atoms with E-state index in [0.717, 1.165) is 11.3 Å². The Labute approximate surface area is 101 Å². The average Bonchev–Trinajstić information content (AvgIpc) is 2.84. The molecule has 3 aromatic rings. The molecule has 0 bridgehead atoms. The molecule has 2 heterocycles. The molecule has 88 valence electrons. The van der Waals surface area contributed by atoms with Crippen molar-refractivity contribution in [2.45, 2.75) is 0 Å². The quantitative estimate of drug-likeness (QED) is 0.665. The predicted molar refractivity (Wildman–Crippen MR) is 67.0 cm³/mol. The van der Waals surface area contributed by atoms with E-state index in [2.05, 4.69) is 25.3 Å². The first-order valence-corrected chi connectivity index (χ1v) is 5.18. The maximum atomic E-state index is 10.4. The van der Waals surface area contributed by atoms with Gasteiger partial charge >= 0.3 is 0 Å². The van der Waals surface area contributed by atoms with Gasteiger partial charge in [0.1, 0.15) is 17.8 Å². The summed E-state index contributed by atoms with van der Waals surface area (Å²) in [5, 5.41) is 10.4. The fourth-order valence-corrected chi connectivity index (χ4v) is 1.78. The molecule has 3 N–H and O–H groups in total. The number of benzene rings is 1. The lowest BCUT2D eigenvalue weighted by Crippen LogP contribution is -1.92. The van der Waals surface area contributed by atoms with Crippen LogP contribution < -0.4 is 5.73 Å². The van der Waals surface area contributed by atoms with E-state index in [-0.39, 0.29) is 0 Å². The average molecular weight is 240 g/mol. The van der Waals surface area contributed by atoms with Crippen molar-refractivity contribution < 1.29 is 0 Å². The van der Waals surface area contributed by atoms with Gasteiger partial charge in [-0.25, -0.2) is 9.97 Å². The van der Waals surface area contributed by atoms with Gasteiger partial charge in [0.05, 0.1) is 11.1 Å². The van der Waals surface area contributed by atoms with Gasteiger partial charge in [0.15, 0.2) is 5.65 Å². The minimum Gasteiger partial charge on any atom is -0.383 e. The van der Waals surface area contributed by atoms with E-state index in [0.29, 0.717) is 22.5 Å². The molecule has 0 atom stereocenters. The minimum atomic E-state index is 0.362. The number of H-pyrrole nitrogens is 1. The van der Waals surface area contributed by atoms with Gasteiger partial charge in [-0.15, -0.1) is 4.91 Å². The number of hydrogen-bond donors (Lipinski definition) is 2. The molecule has 2 aromatic heterocycles. The number of fused-ring (bicyclic) bond motifs is 1. The number of hydrogen-bond acceptors (Lipinski definition) is 6. The third kappa shape index (κ3) is 1.49.